The highest BCUT2D eigenvalue weighted by Crippen LogP contribution is 2.29. The second-order valence-electron chi connectivity index (χ2n) is 3.32. The van der Waals surface area contributed by atoms with Crippen LogP contribution < -0.4 is 5.32 Å². The van der Waals surface area contributed by atoms with E-state index in [-0.39, 0.29) is 0 Å². The molecule has 1 fully saturated rings. The minimum Gasteiger partial charge on any atom is -0.373 e. The number of anilines is 1. The molecule has 0 spiro atoms. The highest BCUT2D eigenvalue weighted by Gasteiger charge is 2.25. The summed E-state index contributed by atoms with van der Waals surface area (Å²) < 4.78 is 0. The molecule has 0 amide bonds. The van der Waals surface area contributed by atoms with E-state index in [0.717, 1.165) is 12.8 Å². The molecule has 4 heteroatoms. The monoisotopic (exact) mass is 178 g/mol. The molecule has 1 aromatic rings. The predicted octanol–water partition coefficient (Wildman–Crippen LogP) is 0.807. The van der Waals surface area contributed by atoms with Crippen molar-refractivity contribution in [2.24, 2.45) is 5.92 Å². The summed E-state index contributed by atoms with van der Waals surface area (Å²) in [5.41, 5.74) is 0. The SMILES string of the molecule is OC(Nc1ccn[c]n1)C1CCC1. The van der Waals surface area contributed by atoms with Gasteiger partial charge in [0, 0.05) is 12.1 Å². The van der Waals surface area contributed by atoms with Crippen LogP contribution in [0.1, 0.15) is 19.3 Å². The average molecular weight is 178 g/mol. The summed E-state index contributed by atoms with van der Waals surface area (Å²) in [7, 11) is 0. The number of hydrogen-bond acceptors (Lipinski definition) is 4. The van der Waals surface area contributed by atoms with Gasteiger partial charge in [0.15, 0.2) is 6.33 Å². The standard InChI is InChI=1S/C9H12N3O/c13-9(7-2-1-3-7)12-8-4-5-10-6-11-8/h4-5,7,9,13H,1-3H2,(H,10,11,12). The van der Waals surface area contributed by atoms with Gasteiger partial charge in [-0.3, -0.25) is 0 Å². The average Bonchev–Trinajstić information content (AvgIpc) is 2.02. The van der Waals surface area contributed by atoms with Gasteiger partial charge in [0.25, 0.3) is 0 Å². The lowest BCUT2D eigenvalue weighted by molar-refractivity contribution is 0.0848. The van der Waals surface area contributed by atoms with Crippen LogP contribution in [0.2, 0.25) is 0 Å². The number of aliphatic hydroxyl groups is 1. The molecular formula is C9H12N3O. The molecule has 69 valence electrons. The molecule has 0 bridgehead atoms. The van der Waals surface area contributed by atoms with Gasteiger partial charge in [0.05, 0.1) is 0 Å². The van der Waals surface area contributed by atoms with Gasteiger partial charge in [0.2, 0.25) is 0 Å². The smallest absolute Gasteiger partial charge is 0.199 e. The zero-order chi connectivity index (χ0) is 9.10. The Bertz CT molecular complexity index is 261. The van der Waals surface area contributed by atoms with E-state index >= 15 is 0 Å². The van der Waals surface area contributed by atoms with Crippen molar-refractivity contribution in [2.75, 3.05) is 5.32 Å². The van der Waals surface area contributed by atoms with Gasteiger partial charge < -0.3 is 10.4 Å². The van der Waals surface area contributed by atoms with Gasteiger partial charge in [-0.05, 0) is 18.9 Å². The molecule has 13 heavy (non-hydrogen) atoms. The second-order valence-corrected chi connectivity index (χ2v) is 3.32. The first-order valence-electron chi connectivity index (χ1n) is 4.50. The molecule has 1 aromatic heterocycles. The Morgan fingerprint density at radius 3 is 3.00 bits per heavy atom. The maximum atomic E-state index is 9.64. The van der Waals surface area contributed by atoms with Gasteiger partial charge in [-0.15, -0.1) is 0 Å². The summed E-state index contributed by atoms with van der Waals surface area (Å²) in [6.07, 6.45) is 7.01. The van der Waals surface area contributed by atoms with Gasteiger partial charge in [0.1, 0.15) is 12.0 Å². The van der Waals surface area contributed by atoms with Crippen molar-refractivity contribution in [2.45, 2.75) is 25.5 Å². The Balaban J connectivity index is 1.90. The van der Waals surface area contributed by atoms with Crippen molar-refractivity contribution in [1.29, 1.82) is 0 Å². The van der Waals surface area contributed by atoms with E-state index in [2.05, 4.69) is 21.6 Å². The summed E-state index contributed by atoms with van der Waals surface area (Å²) >= 11 is 0. The lowest BCUT2D eigenvalue weighted by Gasteiger charge is -2.30. The lowest BCUT2D eigenvalue weighted by atomic mass is 9.84. The van der Waals surface area contributed by atoms with Crippen molar-refractivity contribution in [1.82, 2.24) is 9.97 Å². The van der Waals surface area contributed by atoms with E-state index in [4.69, 9.17) is 0 Å². The molecule has 1 radical (unpaired) electrons. The number of rotatable bonds is 3. The van der Waals surface area contributed by atoms with Crippen LogP contribution in [-0.4, -0.2) is 21.3 Å². The molecule has 0 aliphatic heterocycles. The molecular weight excluding hydrogens is 166 g/mol. The number of nitrogens with zero attached hydrogens (tertiary/aromatic N) is 2. The van der Waals surface area contributed by atoms with Crippen molar-refractivity contribution >= 4 is 5.82 Å². The third kappa shape index (κ3) is 1.95. The molecule has 2 N–H and O–H groups in total. The van der Waals surface area contributed by atoms with Crippen molar-refractivity contribution in [3.63, 3.8) is 0 Å². The van der Waals surface area contributed by atoms with E-state index in [1.807, 2.05) is 0 Å². The normalized spacial score (nSPS) is 19.2. The van der Waals surface area contributed by atoms with Crippen molar-refractivity contribution in [3.05, 3.63) is 18.6 Å². The van der Waals surface area contributed by atoms with E-state index < -0.39 is 6.23 Å². The minimum absolute atomic E-state index is 0.384. The van der Waals surface area contributed by atoms with Crippen LogP contribution in [0.5, 0.6) is 0 Å². The maximum Gasteiger partial charge on any atom is 0.199 e. The summed E-state index contributed by atoms with van der Waals surface area (Å²) in [5, 5.41) is 12.6. The number of aromatic nitrogens is 2. The Labute approximate surface area is 77.0 Å². The quantitative estimate of drug-likeness (QED) is 0.672. The Hall–Kier alpha value is -1.16. The maximum absolute atomic E-state index is 9.64. The van der Waals surface area contributed by atoms with Crippen LogP contribution in [0, 0.1) is 12.2 Å². The first kappa shape index (κ1) is 8.44. The first-order valence-corrected chi connectivity index (χ1v) is 4.50. The Kier molecular flexibility index (Phi) is 2.40. The van der Waals surface area contributed by atoms with Crippen LogP contribution in [0.3, 0.4) is 0 Å². The fourth-order valence-electron chi connectivity index (χ4n) is 1.37. The van der Waals surface area contributed by atoms with Crippen LogP contribution in [0.25, 0.3) is 0 Å². The van der Waals surface area contributed by atoms with Gasteiger partial charge >= 0.3 is 0 Å². The molecule has 1 saturated carbocycles. The molecule has 0 saturated heterocycles. The van der Waals surface area contributed by atoms with E-state index in [1.54, 1.807) is 12.3 Å². The largest absolute Gasteiger partial charge is 0.373 e. The molecule has 1 unspecified atom stereocenters. The topological polar surface area (TPSA) is 58.0 Å². The first-order chi connectivity index (χ1) is 6.36. The van der Waals surface area contributed by atoms with Crippen molar-refractivity contribution < 1.29 is 5.11 Å². The molecule has 1 atom stereocenters. The van der Waals surface area contributed by atoms with Gasteiger partial charge in [-0.2, -0.15) is 0 Å². The second kappa shape index (κ2) is 3.70. The van der Waals surface area contributed by atoms with Crippen LogP contribution in [0.15, 0.2) is 12.3 Å². The summed E-state index contributed by atoms with van der Waals surface area (Å²) in [6, 6.07) is 1.72. The van der Waals surface area contributed by atoms with Gasteiger partial charge in [-0.1, -0.05) is 6.42 Å². The van der Waals surface area contributed by atoms with Crippen LogP contribution in [0.4, 0.5) is 5.82 Å². The molecule has 0 aromatic carbocycles. The summed E-state index contributed by atoms with van der Waals surface area (Å²) in [6.45, 7) is 0. The number of hydrogen-bond donors (Lipinski definition) is 2. The lowest BCUT2D eigenvalue weighted by Crippen LogP contribution is -2.33. The summed E-state index contributed by atoms with van der Waals surface area (Å²) in [5.74, 6) is 1.02. The fraction of sp³-hybridized carbons (Fsp3) is 0.556. The molecule has 2 rings (SSSR count). The molecule has 4 nitrogen and oxygen atoms in total. The van der Waals surface area contributed by atoms with Crippen LogP contribution in [-0.2, 0) is 0 Å². The predicted molar refractivity (Wildman–Crippen MR) is 47.8 cm³/mol. The van der Waals surface area contributed by atoms with E-state index in [0.29, 0.717) is 11.7 Å². The minimum atomic E-state index is -0.475. The number of aliphatic hydroxyl groups excluding tert-OH is 1. The van der Waals surface area contributed by atoms with Crippen LogP contribution >= 0.6 is 0 Å². The Morgan fingerprint density at radius 1 is 1.62 bits per heavy atom. The zero-order valence-electron chi connectivity index (χ0n) is 7.27. The number of nitrogens with one attached hydrogen (secondary N) is 1. The van der Waals surface area contributed by atoms with Gasteiger partial charge in [-0.25, -0.2) is 9.97 Å². The Morgan fingerprint density at radius 2 is 2.46 bits per heavy atom. The molecule has 1 heterocycles. The summed E-state index contributed by atoms with van der Waals surface area (Å²) in [4.78, 5) is 7.53. The highest BCUT2D eigenvalue weighted by atomic mass is 16.3. The van der Waals surface area contributed by atoms with E-state index in [1.165, 1.54) is 6.42 Å². The third-order valence-corrected chi connectivity index (χ3v) is 2.43. The third-order valence-electron chi connectivity index (χ3n) is 2.43. The molecule has 1 aliphatic rings. The molecule has 1 aliphatic carbocycles. The fourth-order valence-corrected chi connectivity index (χ4v) is 1.37. The zero-order valence-corrected chi connectivity index (χ0v) is 7.27. The van der Waals surface area contributed by atoms with E-state index in [9.17, 15) is 5.11 Å². The van der Waals surface area contributed by atoms with Crippen molar-refractivity contribution in [3.8, 4) is 0 Å². The highest BCUT2D eigenvalue weighted by molar-refractivity contribution is 5.32.